The van der Waals surface area contributed by atoms with E-state index in [0.717, 1.165) is 23.0 Å². The molecule has 0 fully saturated rings. The van der Waals surface area contributed by atoms with Crippen LogP contribution in [0.15, 0.2) is 46.9 Å². The summed E-state index contributed by atoms with van der Waals surface area (Å²) in [7, 11) is 0. The van der Waals surface area contributed by atoms with Gasteiger partial charge in [-0.15, -0.1) is 0 Å². The van der Waals surface area contributed by atoms with E-state index in [2.05, 4.69) is 70.2 Å². The molecule has 1 aliphatic rings. The SMILES string of the molecule is CC1Cc2ccccc2N(c2ccc([C@@H](C)N)cc2Br)C1. The van der Waals surface area contributed by atoms with Crippen LogP contribution >= 0.6 is 15.9 Å². The zero-order valence-corrected chi connectivity index (χ0v) is 14.1. The molecule has 0 radical (unpaired) electrons. The molecule has 0 spiro atoms. The van der Waals surface area contributed by atoms with Crippen LogP contribution in [0.25, 0.3) is 0 Å². The molecule has 110 valence electrons. The quantitative estimate of drug-likeness (QED) is 0.847. The molecule has 21 heavy (non-hydrogen) atoms. The summed E-state index contributed by atoms with van der Waals surface area (Å²) in [5.74, 6) is 0.653. The van der Waals surface area contributed by atoms with Gasteiger partial charge in [0.15, 0.2) is 0 Å². The molecular formula is C18H21BrN2. The highest BCUT2D eigenvalue weighted by Gasteiger charge is 2.23. The fourth-order valence-electron chi connectivity index (χ4n) is 3.05. The number of hydrogen-bond donors (Lipinski definition) is 1. The Labute approximate surface area is 135 Å². The van der Waals surface area contributed by atoms with Crippen molar-refractivity contribution in [3.8, 4) is 0 Å². The summed E-state index contributed by atoms with van der Waals surface area (Å²) < 4.78 is 1.11. The molecule has 2 N–H and O–H groups in total. The maximum Gasteiger partial charge on any atom is 0.0555 e. The lowest BCUT2D eigenvalue weighted by atomic mass is 9.93. The van der Waals surface area contributed by atoms with Crippen molar-refractivity contribution < 1.29 is 0 Å². The van der Waals surface area contributed by atoms with E-state index in [1.54, 1.807) is 0 Å². The van der Waals surface area contributed by atoms with Gasteiger partial charge in [0, 0.05) is 22.7 Å². The summed E-state index contributed by atoms with van der Waals surface area (Å²) >= 11 is 3.73. The van der Waals surface area contributed by atoms with Crippen LogP contribution in [0, 0.1) is 5.92 Å². The first kappa shape index (κ1) is 14.6. The van der Waals surface area contributed by atoms with Gasteiger partial charge >= 0.3 is 0 Å². The minimum Gasteiger partial charge on any atom is -0.340 e. The Morgan fingerprint density at radius 3 is 2.67 bits per heavy atom. The lowest BCUT2D eigenvalue weighted by Crippen LogP contribution is -2.30. The maximum absolute atomic E-state index is 5.98. The van der Waals surface area contributed by atoms with Crippen LogP contribution < -0.4 is 10.6 Å². The fourth-order valence-corrected chi connectivity index (χ4v) is 3.66. The minimum atomic E-state index is 0.0583. The van der Waals surface area contributed by atoms with E-state index < -0.39 is 0 Å². The van der Waals surface area contributed by atoms with E-state index in [0.29, 0.717) is 5.92 Å². The zero-order valence-electron chi connectivity index (χ0n) is 12.5. The van der Waals surface area contributed by atoms with Crippen molar-refractivity contribution in [3.63, 3.8) is 0 Å². The molecule has 0 aromatic heterocycles. The monoisotopic (exact) mass is 344 g/mol. The molecule has 0 bridgehead atoms. The molecule has 0 amide bonds. The van der Waals surface area contributed by atoms with E-state index >= 15 is 0 Å². The van der Waals surface area contributed by atoms with E-state index in [-0.39, 0.29) is 6.04 Å². The Hall–Kier alpha value is -1.32. The number of hydrogen-bond acceptors (Lipinski definition) is 2. The predicted octanol–water partition coefficient (Wildman–Crippen LogP) is 4.80. The second-order valence-electron chi connectivity index (χ2n) is 6.05. The fraction of sp³-hybridized carbons (Fsp3) is 0.333. The molecule has 2 aromatic rings. The molecule has 1 aliphatic heterocycles. The Morgan fingerprint density at radius 1 is 1.19 bits per heavy atom. The zero-order chi connectivity index (χ0) is 15.0. The number of benzene rings is 2. The number of fused-ring (bicyclic) bond motifs is 1. The summed E-state index contributed by atoms with van der Waals surface area (Å²) in [5, 5.41) is 0. The third-order valence-corrected chi connectivity index (χ3v) is 4.77. The summed E-state index contributed by atoms with van der Waals surface area (Å²) in [5.41, 5.74) is 11.1. The van der Waals surface area contributed by atoms with Crippen molar-refractivity contribution in [3.05, 3.63) is 58.1 Å². The van der Waals surface area contributed by atoms with Crippen LogP contribution in [0.4, 0.5) is 11.4 Å². The number of nitrogens with two attached hydrogens (primary N) is 1. The largest absolute Gasteiger partial charge is 0.340 e. The van der Waals surface area contributed by atoms with Gasteiger partial charge in [0.1, 0.15) is 0 Å². The highest BCUT2D eigenvalue weighted by molar-refractivity contribution is 9.10. The van der Waals surface area contributed by atoms with Gasteiger partial charge in [-0.3, -0.25) is 0 Å². The van der Waals surface area contributed by atoms with Crippen molar-refractivity contribution in [1.29, 1.82) is 0 Å². The first-order valence-corrected chi connectivity index (χ1v) is 8.26. The van der Waals surface area contributed by atoms with E-state index in [9.17, 15) is 0 Å². The Balaban J connectivity index is 2.04. The smallest absolute Gasteiger partial charge is 0.0555 e. The molecule has 1 heterocycles. The van der Waals surface area contributed by atoms with Crippen LogP contribution in [0.1, 0.15) is 31.0 Å². The highest BCUT2D eigenvalue weighted by atomic mass is 79.9. The summed E-state index contributed by atoms with van der Waals surface area (Å²) in [4.78, 5) is 2.42. The first-order chi connectivity index (χ1) is 10.1. The second kappa shape index (κ2) is 5.82. The maximum atomic E-state index is 5.98. The number of nitrogens with zero attached hydrogens (tertiary/aromatic N) is 1. The van der Waals surface area contributed by atoms with E-state index in [1.165, 1.54) is 16.9 Å². The van der Waals surface area contributed by atoms with Gasteiger partial charge in [-0.2, -0.15) is 0 Å². The van der Waals surface area contributed by atoms with Crippen molar-refractivity contribution in [1.82, 2.24) is 0 Å². The topological polar surface area (TPSA) is 29.3 Å². The van der Waals surface area contributed by atoms with Crippen LogP contribution in [-0.4, -0.2) is 6.54 Å². The Bertz CT molecular complexity index is 651. The van der Waals surface area contributed by atoms with E-state index in [4.69, 9.17) is 5.73 Å². The van der Waals surface area contributed by atoms with Crippen LogP contribution in [-0.2, 0) is 6.42 Å². The lowest BCUT2D eigenvalue weighted by Gasteiger charge is -2.35. The molecule has 0 saturated carbocycles. The second-order valence-corrected chi connectivity index (χ2v) is 6.90. The molecule has 0 saturated heterocycles. The Morgan fingerprint density at radius 2 is 1.95 bits per heavy atom. The van der Waals surface area contributed by atoms with Gasteiger partial charge in [0.25, 0.3) is 0 Å². The highest BCUT2D eigenvalue weighted by Crippen LogP contribution is 2.39. The average Bonchev–Trinajstić information content (AvgIpc) is 2.46. The molecule has 3 rings (SSSR count). The third-order valence-electron chi connectivity index (χ3n) is 4.13. The van der Waals surface area contributed by atoms with Gasteiger partial charge in [0.2, 0.25) is 0 Å². The van der Waals surface area contributed by atoms with Gasteiger partial charge in [-0.25, -0.2) is 0 Å². The van der Waals surface area contributed by atoms with Crippen molar-refractivity contribution >= 4 is 27.3 Å². The van der Waals surface area contributed by atoms with Crippen molar-refractivity contribution in [2.24, 2.45) is 11.7 Å². The van der Waals surface area contributed by atoms with Gasteiger partial charge in [-0.1, -0.05) is 31.2 Å². The molecule has 1 unspecified atom stereocenters. The summed E-state index contributed by atoms with van der Waals surface area (Å²) in [6.45, 7) is 5.38. The standard InChI is InChI=1S/C18H21BrN2/c1-12-9-15-5-3-4-6-17(15)21(11-12)18-8-7-14(13(2)20)10-16(18)19/h3-8,10,12-13H,9,11,20H2,1-2H3/t12?,13-/m1/s1. The number of anilines is 2. The van der Waals surface area contributed by atoms with Crippen molar-refractivity contribution in [2.45, 2.75) is 26.3 Å². The molecule has 3 heteroatoms. The number of halogens is 1. The first-order valence-electron chi connectivity index (χ1n) is 7.46. The van der Waals surface area contributed by atoms with Crippen LogP contribution in [0.3, 0.4) is 0 Å². The van der Waals surface area contributed by atoms with Crippen LogP contribution in [0.2, 0.25) is 0 Å². The normalized spacial score (nSPS) is 19.2. The van der Waals surface area contributed by atoms with Crippen molar-refractivity contribution in [2.75, 3.05) is 11.4 Å². The molecule has 0 aliphatic carbocycles. The van der Waals surface area contributed by atoms with Gasteiger partial charge in [-0.05, 0) is 64.5 Å². The molecule has 2 nitrogen and oxygen atoms in total. The molecule has 2 aromatic carbocycles. The average molecular weight is 345 g/mol. The lowest BCUT2D eigenvalue weighted by molar-refractivity contribution is 0.562. The van der Waals surface area contributed by atoms with Gasteiger partial charge < -0.3 is 10.6 Å². The molecule has 2 atom stereocenters. The summed E-state index contributed by atoms with van der Waals surface area (Å²) in [6.07, 6.45) is 1.15. The summed E-state index contributed by atoms with van der Waals surface area (Å²) in [6, 6.07) is 15.2. The van der Waals surface area contributed by atoms with E-state index in [1.807, 2.05) is 6.92 Å². The number of rotatable bonds is 2. The molecular weight excluding hydrogens is 324 g/mol. The van der Waals surface area contributed by atoms with Gasteiger partial charge in [0.05, 0.1) is 5.69 Å². The number of para-hydroxylation sites is 1. The Kier molecular flexibility index (Phi) is 4.05. The van der Waals surface area contributed by atoms with Crippen LogP contribution in [0.5, 0.6) is 0 Å². The predicted molar refractivity (Wildman–Crippen MR) is 93.1 cm³/mol. The minimum absolute atomic E-state index is 0.0583. The third kappa shape index (κ3) is 2.85.